The van der Waals surface area contributed by atoms with E-state index in [1.54, 1.807) is 41.5 Å². The van der Waals surface area contributed by atoms with Crippen LogP contribution < -0.4 is 26.2 Å². The lowest BCUT2D eigenvalue weighted by Gasteiger charge is -2.32. The standard InChI is InChI=1S/C29H37N9O3/c1-29(2,3)25(31)14-27(34-19-15-33-38(16-19)12-13-39)36-28(40)35-23-9-10-24(22-7-5-4-6-21(22)23)41-20-8-11-26(32)37(17-20)18-30/h4-8,11,14-18,23-24,30-32,34,39H,9-10,12-13H2,1-3H3,(H2,35,36,40)/b27-14+,30-18?,31-25?,32-26?. The lowest BCUT2D eigenvalue weighted by atomic mass is 9.85. The summed E-state index contributed by atoms with van der Waals surface area (Å²) in [5, 5.41) is 46.2. The Balaban J connectivity index is 1.49. The highest BCUT2D eigenvalue weighted by Crippen LogP contribution is 2.38. The molecule has 0 saturated carbocycles. The summed E-state index contributed by atoms with van der Waals surface area (Å²) in [5.74, 6) is 0.881. The molecule has 0 aliphatic heterocycles. The number of anilines is 1. The van der Waals surface area contributed by atoms with Gasteiger partial charge in [0, 0.05) is 23.4 Å². The minimum absolute atomic E-state index is 0.0465. The van der Waals surface area contributed by atoms with E-state index in [9.17, 15) is 9.90 Å². The Morgan fingerprint density at radius 1 is 1.17 bits per heavy atom. The molecule has 3 aromatic rings. The summed E-state index contributed by atoms with van der Waals surface area (Å²) < 4.78 is 9.21. The van der Waals surface area contributed by atoms with Gasteiger partial charge in [-0.2, -0.15) is 5.10 Å². The molecule has 2 heterocycles. The van der Waals surface area contributed by atoms with Crippen molar-refractivity contribution < 1.29 is 14.6 Å². The maximum Gasteiger partial charge on any atom is 0.320 e. The molecule has 0 bridgehead atoms. The second kappa shape index (κ2) is 12.6. The quantitative estimate of drug-likeness (QED) is 0.147. The fraction of sp³-hybridized carbons (Fsp3) is 0.345. The minimum atomic E-state index is -0.428. The number of fused-ring (bicyclic) bond motifs is 1. The van der Waals surface area contributed by atoms with Gasteiger partial charge in [-0.3, -0.25) is 25.4 Å². The molecular weight excluding hydrogens is 522 g/mol. The number of aliphatic hydroxyl groups is 1. The number of ether oxygens (including phenoxy) is 1. The summed E-state index contributed by atoms with van der Waals surface area (Å²) in [6.45, 7) is 6.07. The Kier molecular flexibility index (Phi) is 9.03. The maximum absolute atomic E-state index is 13.2. The number of aliphatic hydroxyl groups excluding tert-OH is 1. The topological polar surface area (TPSA) is 177 Å². The van der Waals surface area contributed by atoms with Crippen molar-refractivity contribution in [1.29, 1.82) is 16.2 Å². The minimum Gasteiger partial charge on any atom is -0.484 e. The maximum atomic E-state index is 13.2. The number of carbonyl (C=O) groups excluding carboxylic acids is 1. The van der Waals surface area contributed by atoms with Crippen molar-refractivity contribution in [3.8, 4) is 5.75 Å². The second-order valence-electron chi connectivity index (χ2n) is 10.8. The summed E-state index contributed by atoms with van der Waals surface area (Å²) in [7, 11) is 0. The number of nitrogens with zero attached hydrogens (tertiary/aromatic N) is 3. The van der Waals surface area contributed by atoms with Crippen LogP contribution in [0, 0.1) is 21.6 Å². The summed E-state index contributed by atoms with van der Waals surface area (Å²) in [5.41, 5.74) is 2.60. The SMILES string of the molecule is CC(C)(C)C(=N)/C=C(/NC(=O)NC1CCC(Oc2ccc(=N)n(C=N)c2)c2ccccc21)Nc1cnn(CCO)c1. The molecule has 0 fully saturated rings. The van der Waals surface area contributed by atoms with Crippen LogP contribution in [0.2, 0.25) is 0 Å². The summed E-state index contributed by atoms with van der Waals surface area (Å²) >= 11 is 0. The van der Waals surface area contributed by atoms with Gasteiger partial charge >= 0.3 is 6.03 Å². The Morgan fingerprint density at radius 2 is 1.93 bits per heavy atom. The third-order valence-electron chi connectivity index (χ3n) is 6.69. The summed E-state index contributed by atoms with van der Waals surface area (Å²) in [6, 6.07) is 10.4. The molecule has 7 N–H and O–H groups in total. The number of pyridine rings is 1. The monoisotopic (exact) mass is 559 g/mol. The van der Waals surface area contributed by atoms with Crippen LogP contribution in [0.1, 0.15) is 56.9 Å². The number of carbonyl (C=O) groups is 1. The van der Waals surface area contributed by atoms with E-state index >= 15 is 0 Å². The second-order valence-corrected chi connectivity index (χ2v) is 10.8. The van der Waals surface area contributed by atoms with Gasteiger partial charge in [0.05, 0.1) is 43.6 Å². The van der Waals surface area contributed by atoms with Gasteiger partial charge in [0.1, 0.15) is 23.2 Å². The van der Waals surface area contributed by atoms with Crippen molar-refractivity contribution in [2.45, 2.75) is 52.3 Å². The van der Waals surface area contributed by atoms with E-state index in [1.807, 2.05) is 45.0 Å². The van der Waals surface area contributed by atoms with Crippen molar-refractivity contribution in [1.82, 2.24) is 25.0 Å². The van der Waals surface area contributed by atoms with E-state index in [0.29, 0.717) is 42.4 Å². The number of aromatic nitrogens is 3. The van der Waals surface area contributed by atoms with Crippen LogP contribution in [0.15, 0.2) is 66.9 Å². The molecule has 0 spiro atoms. The molecule has 0 radical (unpaired) electrons. The van der Waals surface area contributed by atoms with Gasteiger partial charge in [-0.15, -0.1) is 0 Å². The number of rotatable bonds is 10. The Hall–Kier alpha value is -4.71. The molecule has 41 heavy (non-hydrogen) atoms. The van der Waals surface area contributed by atoms with Gasteiger partial charge in [-0.25, -0.2) is 4.79 Å². The van der Waals surface area contributed by atoms with E-state index < -0.39 is 11.4 Å². The molecular formula is C29H37N9O3. The highest BCUT2D eigenvalue weighted by atomic mass is 16.5. The van der Waals surface area contributed by atoms with Gasteiger partial charge in [-0.05, 0) is 36.1 Å². The average molecular weight is 560 g/mol. The first-order chi connectivity index (χ1) is 19.6. The first-order valence-corrected chi connectivity index (χ1v) is 13.4. The normalized spacial score (nSPS) is 16.8. The lowest BCUT2D eigenvalue weighted by Crippen LogP contribution is -2.41. The molecule has 1 aromatic carbocycles. The number of urea groups is 1. The third kappa shape index (κ3) is 7.48. The number of hydrogen-bond donors (Lipinski definition) is 7. The van der Waals surface area contributed by atoms with Crippen molar-refractivity contribution in [2.24, 2.45) is 5.41 Å². The van der Waals surface area contributed by atoms with Gasteiger partial charge in [0.15, 0.2) is 0 Å². The Bertz CT molecular complexity index is 1500. The number of amides is 2. The average Bonchev–Trinajstić information content (AvgIpc) is 3.37. The van der Waals surface area contributed by atoms with Crippen molar-refractivity contribution in [3.63, 3.8) is 0 Å². The Labute approximate surface area is 238 Å². The molecule has 2 unspecified atom stereocenters. The third-order valence-corrected chi connectivity index (χ3v) is 6.69. The van der Waals surface area contributed by atoms with Crippen molar-refractivity contribution in [2.75, 3.05) is 11.9 Å². The molecule has 2 amide bonds. The van der Waals surface area contributed by atoms with Crippen LogP contribution in [0.25, 0.3) is 0 Å². The molecule has 216 valence electrons. The van der Waals surface area contributed by atoms with Crippen LogP contribution in [-0.2, 0) is 6.54 Å². The zero-order chi connectivity index (χ0) is 29.6. The molecule has 12 heteroatoms. The predicted octanol–water partition coefficient (Wildman–Crippen LogP) is 3.89. The molecule has 2 aromatic heterocycles. The van der Waals surface area contributed by atoms with E-state index in [4.69, 9.17) is 21.0 Å². The number of nitrogens with one attached hydrogen (secondary N) is 6. The van der Waals surface area contributed by atoms with E-state index in [1.165, 1.54) is 4.57 Å². The lowest BCUT2D eigenvalue weighted by molar-refractivity contribution is 0.171. The largest absolute Gasteiger partial charge is 0.484 e. The molecule has 1 aliphatic rings. The first-order valence-electron chi connectivity index (χ1n) is 13.4. The fourth-order valence-corrected chi connectivity index (χ4v) is 4.45. The number of benzene rings is 1. The molecule has 4 rings (SSSR count). The zero-order valence-corrected chi connectivity index (χ0v) is 23.4. The highest BCUT2D eigenvalue weighted by Gasteiger charge is 2.29. The molecule has 12 nitrogen and oxygen atoms in total. The molecule has 2 atom stereocenters. The van der Waals surface area contributed by atoms with Crippen LogP contribution in [0.4, 0.5) is 10.5 Å². The summed E-state index contributed by atoms with van der Waals surface area (Å²) in [6.07, 6.45) is 8.59. The first kappa shape index (κ1) is 29.3. The fourth-order valence-electron chi connectivity index (χ4n) is 4.45. The van der Waals surface area contributed by atoms with Crippen LogP contribution in [-0.4, -0.2) is 44.1 Å². The predicted molar refractivity (Wildman–Crippen MR) is 156 cm³/mol. The van der Waals surface area contributed by atoms with Crippen LogP contribution in [0.3, 0.4) is 0 Å². The molecule has 1 aliphatic carbocycles. The van der Waals surface area contributed by atoms with Gasteiger partial charge < -0.3 is 25.9 Å². The van der Waals surface area contributed by atoms with E-state index in [0.717, 1.165) is 17.5 Å². The van der Waals surface area contributed by atoms with E-state index in [2.05, 4.69) is 21.0 Å². The van der Waals surface area contributed by atoms with Gasteiger partial charge in [0.25, 0.3) is 0 Å². The van der Waals surface area contributed by atoms with E-state index in [-0.39, 0.29) is 24.2 Å². The van der Waals surface area contributed by atoms with Crippen molar-refractivity contribution >= 4 is 23.8 Å². The smallest absolute Gasteiger partial charge is 0.320 e. The number of hydrogen-bond acceptors (Lipinski definition) is 8. The van der Waals surface area contributed by atoms with Gasteiger partial charge in [-0.1, -0.05) is 45.0 Å². The molecule has 0 saturated heterocycles. The van der Waals surface area contributed by atoms with Crippen molar-refractivity contribution in [3.05, 3.63) is 83.5 Å². The highest BCUT2D eigenvalue weighted by molar-refractivity contribution is 5.97. The van der Waals surface area contributed by atoms with Crippen LogP contribution in [0.5, 0.6) is 5.75 Å². The van der Waals surface area contributed by atoms with Gasteiger partial charge in [0.2, 0.25) is 0 Å². The summed E-state index contributed by atoms with van der Waals surface area (Å²) in [4.78, 5) is 13.2. The Morgan fingerprint density at radius 3 is 2.63 bits per heavy atom. The van der Waals surface area contributed by atoms with Crippen LogP contribution >= 0.6 is 0 Å². The zero-order valence-electron chi connectivity index (χ0n) is 23.4. The number of allylic oxidation sites excluding steroid dienone is 1.